The fraction of sp³-hybridized carbons (Fsp3) is 0.304. The number of aryl methyl sites for hydroxylation is 1. The monoisotopic (exact) mass is 445 g/mol. The Hall–Kier alpha value is -3.49. The van der Waals surface area contributed by atoms with Crippen LogP contribution in [0.3, 0.4) is 0 Å². The number of halogens is 3. The number of para-hydroxylation sites is 1. The first-order chi connectivity index (χ1) is 15.3. The van der Waals surface area contributed by atoms with Crippen molar-refractivity contribution in [3.8, 4) is 17.2 Å². The Morgan fingerprint density at radius 3 is 2.56 bits per heavy atom. The van der Waals surface area contributed by atoms with Crippen LogP contribution in [-0.2, 0) is 6.18 Å². The number of benzene rings is 2. The number of aromatic nitrogens is 2. The third-order valence-electron chi connectivity index (χ3n) is 5.33. The van der Waals surface area contributed by atoms with Gasteiger partial charge in [0.05, 0.1) is 37.0 Å². The second kappa shape index (κ2) is 8.57. The number of imidazole rings is 1. The Labute approximate surface area is 183 Å². The Balaban J connectivity index is 1.37. The van der Waals surface area contributed by atoms with Gasteiger partial charge in [-0.3, -0.25) is 4.79 Å². The molecule has 0 atom stereocenters. The van der Waals surface area contributed by atoms with E-state index in [1.54, 1.807) is 29.4 Å². The molecule has 1 aromatic heterocycles. The molecule has 0 unspecified atom stereocenters. The first-order valence-corrected chi connectivity index (χ1v) is 10.0. The number of likely N-dealkylation sites (tertiary alicyclic amines) is 1. The molecule has 3 aromatic rings. The third-order valence-corrected chi connectivity index (χ3v) is 5.33. The van der Waals surface area contributed by atoms with Gasteiger partial charge in [0.2, 0.25) is 0 Å². The summed E-state index contributed by atoms with van der Waals surface area (Å²) >= 11 is 0. The Morgan fingerprint density at radius 1 is 1.16 bits per heavy atom. The summed E-state index contributed by atoms with van der Waals surface area (Å²) < 4.78 is 51.9. The summed E-state index contributed by atoms with van der Waals surface area (Å²) in [5, 5.41) is 0. The molecule has 1 fully saturated rings. The minimum atomic E-state index is -4.47. The maximum Gasteiger partial charge on any atom is 0.419 e. The van der Waals surface area contributed by atoms with Crippen LogP contribution in [0, 0.1) is 12.8 Å². The molecule has 0 radical (unpaired) electrons. The van der Waals surface area contributed by atoms with E-state index in [9.17, 15) is 18.0 Å². The molecule has 2 aromatic carbocycles. The van der Waals surface area contributed by atoms with Crippen LogP contribution in [0.25, 0.3) is 5.69 Å². The summed E-state index contributed by atoms with van der Waals surface area (Å²) in [5.74, 6) is 0.149. The van der Waals surface area contributed by atoms with Crippen molar-refractivity contribution >= 4 is 5.91 Å². The van der Waals surface area contributed by atoms with Crippen molar-refractivity contribution in [1.82, 2.24) is 14.5 Å². The SMILES string of the molecule is COc1cc(C(=O)N2CC(COc3ccccc3C(F)(F)F)C2)ccc1-n1cnc(C)c1. The van der Waals surface area contributed by atoms with E-state index in [2.05, 4.69) is 4.98 Å². The van der Waals surface area contributed by atoms with Gasteiger partial charge in [-0.2, -0.15) is 13.2 Å². The zero-order valence-electron chi connectivity index (χ0n) is 17.6. The number of alkyl halides is 3. The van der Waals surface area contributed by atoms with Crippen molar-refractivity contribution in [3.63, 3.8) is 0 Å². The second-order valence-electron chi connectivity index (χ2n) is 7.69. The number of nitrogens with zero attached hydrogens (tertiary/aromatic N) is 3. The molecule has 1 aliphatic heterocycles. The van der Waals surface area contributed by atoms with Gasteiger partial charge in [-0.1, -0.05) is 12.1 Å². The molecule has 0 N–H and O–H groups in total. The Kier molecular flexibility index (Phi) is 5.82. The van der Waals surface area contributed by atoms with Gasteiger partial charge in [0.25, 0.3) is 5.91 Å². The molecule has 1 saturated heterocycles. The molecular formula is C23H22F3N3O3. The molecule has 0 aliphatic carbocycles. The molecule has 4 rings (SSSR count). The van der Waals surface area contributed by atoms with Gasteiger partial charge in [-0.25, -0.2) is 4.98 Å². The number of hydrogen-bond donors (Lipinski definition) is 0. The van der Waals surface area contributed by atoms with Crippen LogP contribution < -0.4 is 9.47 Å². The molecule has 6 nitrogen and oxygen atoms in total. The largest absolute Gasteiger partial charge is 0.495 e. The molecule has 9 heteroatoms. The molecule has 0 spiro atoms. The molecule has 1 aliphatic rings. The lowest BCUT2D eigenvalue weighted by Gasteiger charge is -2.39. The second-order valence-corrected chi connectivity index (χ2v) is 7.69. The minimum absolute atomic E-state index is 0.0321. The first kappa shape index (κ1) is 21.7. The number of hydrogen-bond acceptors (Lipinski definition) is 4. The Morgan fingerprint density at radius 2 is 1.91 bits per heavy atom. The fourth-order valence-corrected chi connectivity index (χ4v) is 3.63. The van der Waals surface area contributed by atoms with Crippen LogP contribution in [-0.4, -0.2) is 47.2 Å². The van der Waals surface area contributed by atoms with Crippen LogP contribution >= 0.6 is 0 Å². The average Bonchev–Trinajstić information content (AvgIpc) is 3.17. The lowest BCUT2D eigenvalue weighted by atomic mass is 9.99. The van der Waals surface area contributed by atoms with E-state index in [-0.39, 0.29) is 24.2 Å². The first-order valence-electron chi connectivity index (χ1n) is 10.0. The van der Waals surface area contributed by atoms with Gasteiger partial charge in [-0.15, -0.1) is 0 Å². The maximum absolute atomic E-state index is 13.1. The summed E-state index contributed by atoms with van der Waals surface area (Å²) in [4.78, 5) is 18.7. The van der Waals surface area contributed by atoms with Crippen molar-refractivity contribution in [2.45, 2.75) is 13.1 Å². The number of methoxy groups -OCH3 is 1. The zero-order chi connectivity index (χ0) is 22.9. The number of ether oxygens (including phenoxy) is 2. The van der Waals surface area contributed by atoms with Crippen molar-refractivity contribution in [1.29, 1.82) is 0 Å². The highest BCUT2D eigenvalue weighted by Crippen LogP contribution is 2.36. The quantitative estimate of drug-likeness (QED) is 0.566. The van der Waals surface area contributed by atoms with Gasteiger partial charge in [0.15, 0.2) is 0 Å². The summed E-state index contributed by atoms with van der Waals surface area (Å²) in [6.07, 6.45) is -0.944. The van der Waals surface area contributed by atoms with Gasteiger partial charge in [0.1, 0.15) is 11.5 Å². The van der Waals surface area contributed by atoms with Gasteiger partial charge in [0, 0.05) is 30.8 Å². The molecule has 2 heterocycles. The smallest absolute Gasteiger partial charge is 0.419 e. The van der Waals surface area contributed by atoms with E-state index in [1.165, 1.54) is 25.3 Å². The number of rotatable bonds is 6. The number of amides is 1. The van der Waals surface area contributed by atoms with E-state index in [0.717, 1.165) is 17.4 Å². The Bertz CT molecular complexity index is 1120. The van der Waals surface area contributed by atoms with Crippen molar-refractivity contribution < 1.29 is 27.4 Å². The van der Waals surface area contributed by atoms with Crippen LogP contribution in [0.1, 0.15) is 21.6 Å². The highest BCUT2D eigenvalue weighted by molar-refractivity contribution is 5.95. The molecule has 0 bridgehead atoms. The van der Waals surface area contributed by atoms with E-state index in [4.69, 9.17) is 9.47 Å². The normalized spacial score (nSPS) is 14.2. The summed E-state index contributed by atoms with van der Waals surface area (Å²) in [5.41, 5.74) is 1.30. The molecule has 168 valence electrons. The van der Waals surface area contributed by atoms with E-state index in [1.807, 2.05) is 17.7 Å². The number of carbonyl (C=O) groups is 1. The zero-order valence-corrected chi connectivity index (χ0v) is 17.6. The highest BCUT2D eigenvalue weighted by atomic mass is 19.4. The van der Waals surface area contributed by atoms with Crippen LogP contribution in [0.2, 0.25) is 0 Å². The van der Waals surface area contributed by atoms with Gasteiger partial charge >= 0.3 is 6.18 Å². The fourth-order valence-electron chi connectivity index (χ4n) is 3.63. The van der Waals surface area contributed by atoms with Gasteiger partial charge in [-0.05, 0) is 37.3 Å². The topological polar surface area (TPSA) is 56.6 Å². The third kappa shape index (κ3) is 4.42. The maximum atomic E-state index is 13.1. The van der Waals surface area contributed by atoms with Crippen molar-refractivity contribution in [2.75, 3.05) is 26.8 Å². The van der Waals surface area contributed by atoms with Crippen molar-refractivity contribution in [3.05, 3.63) is 71.8 Å². The predicted molar refractivity (Wildman–Crippen MR) is 111 cm³/mol. The minimum Gasteiger partial charge on any atom is -0.495 e. The lowest BCUT2D eigenvalue weighted by molar-refractivity contribution is -0.139. The number of carbonyl (C=O) groups excluding carboxylic acids is 1. The summed E-state index contributed by atoms with van der Waals surface area (Å²) in [7, 11) is 1.53. The molecule has 1 amide bonds. The highest BCUT2D eigenvalue weighted by Gasteiger charge is 2.36. The van der Waals surface area contributed by atoms with Crippen LogP contribution in [0.15, 0.2) is 55.0 Å². The van der Waals surface area contributed by atoms with E-state index >= 15 is 0 Å². The molecule has 0 saturated carbocycles. The molecule has 32 heavy (non-hydrogen) atoms. The van der Waals surface area contributed by atoms with E-state index < -0.39 is 11.7 Å². The van der Waals surface area contributed by atoms with Crippen molar-refractivity contribution in [2.24, 2.45) is 5.92 Å². The van der Waals surface area contributed by atoms with Crippen LogP contribution in [0.4, 0.5) is 13.2 Å². The van der Waals surface area contributed by atoms with Crippen LogP contribution in [0.5, 0.6) is 11.5 Å². The van der Waals surface area contributed by atoms with Gasteiger partial charge < -0.3 is 18.9 Å². The standard InChI is InChI=1S/C23H22F3N3O3/c1-15-10-29(14-27-15)19-8-7-17(9-21(19)31-2)22(30)28-11-16(12-28)13-32-20-6-4-3-5-18(20)23(24,25)26/h3-10,14,16H,11-13H2,1-2H3. The van der Waals surface area contributed by atoms with E-state index in [0.29, 0.717) is 24.4 Å². The lowest BCUT2D eigenvalue weighted by Crippen LogP contribution is -2.52. The summed E-state index contributed by atoms with van der Waals surface area (Å²) in [6, 6.07) is 10.3. The average molecular weight is 445 g/mol. The summed E-state index contributed by atoms with van der Waals surface area (Å²) in [6.45, 7) is 2.82. The predicted octanol–water partition coefficient (Wildman–Crippen LogP) is 4.36. The molecular weight excluding hydrogens is 423 g/mol.